The van der Waals surface area contributed by atoms with Crippen LogP contribution in [0, 0.1) is 5.82 Å². The zero-order valence-electron chi connectivity index (χ0n) is 23.8. The van der Waals surface area contributed by atoms with Gasteiger partial charge in [0.05, 0.1) is 29.8 Å². The van der Waals surface area contributed by atoms with Crippen molar-refractivity contribution in [3.8, 4) is 5.75 Å². The van der Waals surface area contributed by atoms with E-state index in [0.29, 0.717) is 31.1 Å². The summed E-state index contributed by atoms with van der Waals surface area (Å²) >= 11 is 3.53. The molecular weight excluding hydrogens is 579 g/mol. The van der Waals surface area contributed by atoms with E-state index in [1.54, 1.807) is 30.0 Å². The fourth-order valence-corrected chi connectivity index (χ4v) is 4.71. The largest absolute Gasteiger partial charge is 0.496 e. The summed E-state index contributed by atoms with van der Waals surface area (Å²) in [5.41, 5.74) is 1.28. The maximum atomic E-state index is 14.6. The molecular formula is C30H36BrFN4O4. The third-order valence-electron chi connectivity index (χ3n) is 6.16. The van der Waals surface area contributed by atoms with Crippen LogP contribution in [0.4, 0.5) is 20.6 Å². The van der Waals surface area contributed by atoms with Gasteiger partial charge < -0.3 is 24.6 Å². The summed E-state index contributed by atoms with van der Waals surface area (Å²) in [5.74, 6) is -0.679. The van der Waals surface area contributed by atoms with Crippen molar-refractivity contribution < 1.29 is 23.5 Å². The number of benzene rings is 2. The smallest absolute Gasteiger partial charge is 0.410 e. The zero-order chi connectivity index (χ0) is 29.6. The van der Waals surface area contributed by atoms with Gasteiger partial charge in [-0.2, -0.15) is 0 Å². The Kier molecular flexibility index (Phi) is 10.1. The molecule has 1 aliphatic heterocycles. The van der Waals surface area contributed by atoms with E-state index in [9.17, 15) is 14.0 Å². The normalized spacial score (nSPS) is 16.4. The Morgan fingerprint density at radius 1 is 1.23 bits per heavy atom. The van der Waals surface area contributed by atoms with Crippen molar-refractivity contribution in [2.45, 2.75) is 46.3 Å². The number of carbonyl (C=O) groups is 2. The monoisotopic (exact) mass is 614 g/mol. The lowest BCUT2D eigenvalue weighted by Gasteiger charge is -2.41. The standard InChI is InChI=1S/C30H36BrFN4O4/c1-8-10-24(33-20(3)27-22(32)11-9-12-26(27)39-7)28(37)34-23-14-13-21(31)17-25(23)35-15-16-36(19(2)18-35)29(38)40-30(4,5)6/h8-14,17,19H,1,15-16,18H2,2-7H3,(H,34,37)/b24-10-,33-20?/t19-/m0/s1. The summed E-state index contributed by atoms with van der Waals surface area (Å²) in [6.07, 6.45) is 2.57. The Morgan fingerprint density at radius 2 is 1.95 bits per heavy atom. The van der Waals surface area contributed by atoms with Crippen molar-refractivity contribution >= 4 is 45.0 Å². The summed E-state index contributed by atoms with van der Waals surface area (Å²) in [5, 5.41) is 2.95. The number of hydrogen-bond acceptors (Lipinski definition) is 6. The van der Waals surface area contributed by atoms with Crippen LogP contribution in [0.25, 0.3) is 0 Å². The molecule has 8 nitrogen and oxygen atoms in total. The molecule has 1 aliphatic rings. The molecule has 2 aromatic carbocycles. The van der Waals surface area contributed by atoms with Gasteiger partial charge in [0.2, 0.25) is 0 Å². The molecule has 0 unspecified atom stereocenters. The van der Waals surface area contributed by atoms with E-state index >= 15 is 0 Å². The van der Waals surface area contributed by atoms with E-state index in [4.69, 9.17) is 9.47 Å². The number of nitrogens with one attached hydrogen (secondary N) is 1. The average molecular weight is 616 g/mol. The number of anilines is 2. The van der Waals surface area contributed by atoms with E-state index in [1.165, 1.54) is 25.3 Å². The number of piperazine rings is 1. The van der Waals surface area contributed by atoms with E-state index in [1.807, 2.05) is 39.8 Å². The summed E-state index contributed by atoms with van der Waals surface area (Å²) < 4.78 is 26.3. The number of ether oxygens (including phenoxy) is 2. The number of rotatable bonds is 7. The van der Waals surface area contributed by atoms with Gasteiger partial charge in [0.1, 0.15) is 22.9 Å². The van der Waals surface area contributed by atoms with Crippen LogP contribution in [0.5, 0.6) is 5.75 Å². The highest BCUT2D eigenvalue weighted by Crippen LogP contribution is 2.32. The molecule has 40 heavy (non-hydrogen) atoms. The number of carbonyl (C=O) groups excluding carboxylic acids is 2. The highest BCUT2D eigenvalue weighted by molar-refractivity contribution is 9.10. The highest BCUT2D eigenvalue weighted by Gasteiger charge is 2.32. The van der Waals surface area contributed by atoms with Gasteiger partial charge in [0, 0.05) is 30.1 Å². The summed E-state index contributed by atoms with van der Waals surface area (Å²) in [7, 11) is 1.45. The van der Waals surface area contributed by atoms with Crippen molar-refractivity contribution in [1.82, 2.24) is 4.90 Å². The lowest BCUT2D eigenvalue weighted by atomic mass is 10.1. The number of allylic oxidation sites excluding steroid dienone is 2. The first-order valence-corrected chi connectivity index (χ1v) is 13.7. The number of amides is 2. The number of methoxy groups -OCH3 is 1. The van der Waals surface area contributed by atoms with Crippen molar-refractivity contribution in [2.75, 3.05) is 37.0 Å². The quantitative estimate of drug-likeness (QED) is 0.217. The van der Waals surface area contributed by atoms with E-state index in [-0.39, 0.29) is 29.1 Å². The van der Waals surface area contributed by atoms with Crippen molar-refractivity contribution in [3.05, 3.63) is 76.7 Å². The topological polar surface area (TPSA) is 83.5 Å². The number of halogens is 2. The predicted molar refractivity (Wildman–Crippen MR) is 161 cm³/mol. The molecule has 1 fully saturated rings. The van der Waals surface area contributed by atoms with Crippen LogP contribution in [0.3, 0.4) is 0 Å². The maximum Gasteiger partial charge on any atom is 0.410 e. The molecule has 0 saturated carbocycles. The van der Waals surface area contributed by atoms with Crippen molar-refractivity contribution in [1.29, 1.82) is 0 Å². The Bertz CT molecular complexity index is 1340. The Morgan fingerprint density at radius 3 is 2.58 bits per heavy atom. The van der Waals surface area contributed by atoms with Crippen LogP contribution in [0.1, 0.15) is 40.2 Å². The third-order valence-corrected chi connectivity index (χ3v) is 6.65. The van der Waals surface area contributed by atoms with Crippen LogP contribution >= 0.6 is 15.9 Å². The first-order chi connectivity index (χ1) is 18.8. The SMILES string of the molecule is C=C/C=C(\N=C(C)c1c(F)cccc1OC)C(=O)Nc1ccc(Br)cc1N1CCN(C(=O)OC(C)(C)C)[C@@H](C)C1. The minimum atomic E-state index is -0.579. The average Bonchev–Trinajstić information content (AvgIpc) is 2.87. The van der Waals surface area contributed by atoms with Crippen molar-refractivity contribution in [2.24, 2.45) is 4.99 Å². The van der Waals surface area contributed by atoms with E-state index < -0.39 is 17.3 Å². The van der Waals surface area contributed by atoms with Crippen molar-refractivity contribution in [3.63, 3.8) is 0 Å². The van der Waals surface area contributed by atoms with Gasteiger partial charge >= 0.3 is 6.09 Å². The Balaban J connectivity index is 1.85. The maximum absolute atomic E-state index is 14.6. The second-order valence-corrected chi connectivity index (χ2v) is 11.3. The molecule has 1 saturated heterocycles. The molecule has 0 aliphatic carbocycles. The molecule has 10 heteroatoms. The van der Waals surface area contributed by atoms with Crippen LogP contribution < -0.4 is 15.0 Å². The number of nitrogens with zero attached hydrogens (tertiary/aromatic N) is 3. The predicted octanol–water partition coefficient (Wildman–Crippen LogP) is 6.56. The van der Waals surface area contributed by atoms with E-state index in [2.05, 4.69) is 37.7 Å². The fourth-order valence-electron chi connectivity index (χ4n) is 4.36. The van der Waals surface area contributed by atoms with Gasteiger partial charge in [-0.3, -0.25) is 4.79 Å². The van der Waals surface area contributed by atoms with Crippen LogP contribution in [-0.4, -0.2) is 61.0 Å². The molecule has 1 heterocycles. The minimum Gasteiger partial charge on any atom is -0.496 e. The fraction of sp³-hybridized carbons (Fsp3) is 0.367. The number of hydrogen-bond donors (Lipinski definition) is 1. The Hall–Kier alpha value is -3.66. The van der Waals surface area contributed by atoms with Gasteiger partial charge in [-0.05, 0) is 71.0 Å². The van der Waals surface area contributed by atoms with E-state index in [0.717, 1.165) is 10.2 Å². The molecule has 3 rings (SSSR count). The molecule has 2 amide bonds. The molecule has 2 aromatic rings. The highest BCUT2D eigenvalue weighted by atomic mass is 79.9. The lowest BCUT2D eigenvalue weighted by Crippen LogP contribution is -2.55. The Labute approximate surface area is 243 Å². The second kappa shape index (κ2) is 13.1. The second-order valence-electron chi connectivity index (χ2n) is 10.4. The summed E-state index contributed by atoms with van der Waals surface area (Å²) in [6.45, 7) is 14.3. The van der Waals surface area contributed by atoms with Crippen LogP contribution in [-0.2, 0) is 9.53 Å². The molecule has 0 aromatic heterocycles. The molecule has 1 atom stereocenters. The van der Waals surface area contributed by atoms with Gasteiger partial charge in [-0.25, -0.2) is 14.2 Å². The number of aliphatic imine (C=N–C) groups is 1. The first kappa shape index (κ1) is 30.9. The first-order valence-electron chi connectivity index (χ1n) is 12.9. The molecule has 1 N–H and O–H groups in total. The van der Waals surface area contributed by atoms with Gasteiger partial charge in [0.15, 0.2) is 0 Å². The summed E-state index contributed by atoms with van der Waals surface area (Å²) in [6, 6.07) is 9.91. The third kappa shape index (κ3) is 7.71. The lowest BCUT2D eigenvalue weighted by molar-refractivity contribution is -0.112. The zero-order valence-corrected chi connectivity index (χ0v) is 25.3. The minimum absolute atomic E-state index is 0.0507. The summed E-state index contributed by atoms with van der Waals surface area (Å²) in [4.78, 5) is 34.4. The molecule has 214 valence electrons. The molecule has 0 spiro atoms. The van der Waals surface area contributed by atoms with Gasteiger partial charge in [0.25, 0.3) is 5.91 Å². The van der Waals surface area contributed by atoms with Gasteiger partial charge in [-0.15, -0.1) is 0 Å². The molecule has 0 radical (unpaired) electrons. The van der Waals surface area contributed by atoms with Crippen LogP contribution in [0.2, 0.25) is 0 Å². The molecule has 0 bridgehead atoms. The van der Waals surface area contributed by atoms with Crippen LogP contribution in [0.15, 0.2) is 70.3 Å². The van der Waals surface area contributed by atoms with Gasteiger partial charge in [-0.1, -0.05) is 34.7 Å².